The first kappa shape index (κ1) is 16.9. The van der Waals surface area contributed by atoms with Crippen molar-refractivity contribution in [2.45, 2.75) is 12.2 Å². The summed E-state index contributed by atoms with van der Waals surface area (Å²) in [6, 6.07) is 15.4. The number of hydrogen-bond donors (Lipinski definition) is 2. The van der Waals surface area contributed by atoms with Crippen molar-refractivity contribution in [3.05, 3.63) is 65.7 Å². The van der Waals surface area contributed by atoms with E-state index in [9.17, 15) is 18.9 Å². The summed E-state index contributed by atoms with van der Waals surface area (Å²) < 4.78 is 12.3. The summed E-state index contributed by atoms with van der Waals surface area (Å²) in [7, 11) is -1.86. The van der Waals surface area contributed by atoms with Gasteiger partial charge in [0.1, 0.15) is 5.75 Å². The van der Waals surface area contributed by atoms with Crippen molar-refractivity contribution < 1.29 is 18.9 Å². The fourth-order valence-corrected chi connectivity index (χ4v) is 3.26. The number of nitrogens with one attached hydrogen (secondary N) is 1. The SMILES string of the molecule is Cc1ccc(NC(=O)CS(=O)C(C(=O)O)c2ccccc2)cc1. The molecule has 120 valence electrons. The molecule has 0 aliphatic carbocycles. The van der Waals surface area contributed by atoms with Crippen LogP contribution in [-0.2, 0) is 20.4 Å². The second-order valence-corrected chi connectivity index (χ2v) is 6.59. The number of anilines is 1. The Balaban J connectivity index is 2.05. The number of carboxylic acids is 1. The van der Waals surface area contributed by atoms with Gasteiger partial charge in [-0.1, -0.05) is 48.0 Å². The molecule has 2 atom stereocenters. The van der Waals surface area contributed by atoms with Crippen LogP contribution in [0, 0.1) is 6.92 Å². The normalized spacial score (nSPS) is 13.1. The van der Waals surface area contributed by atoms with E-state index in [4.69, 9.17) is 0 Å². The van der Waals surface area contributed by atoms with Crippen molar-refractivity contribution in [3.8, 4) is 0 Å². The van der Waals surface area contributed by atoms with Gasteiger partial charge in [-0.15, -0.1) is 0 Å². The van der Waals surface area contributed by atoms with Crippen LogP contribution >= 0.6 is 0 Å². The van der Waals surface area contributed by atoms with Gasteiger partial charge >= 0.3 is 5.97 Å². The summed E-state index contributed by atoms with van der Waals surface area (Å²) in [6.45, 7) is 1.93. The van der Waals surface area contributed by atoms with E-state index in [1.54, 1.807) is 42.5 Å². The number of amides is 1. The molecule has 1 amide bonds. The van der Waals surface area contributed by atoms with Gasteiger partial charge in [0.05, 0.1) is 0 Å². The molecule has 2 aromatic carbocycles. The maximum Gasteiger partial charge on any atom is 0.323 e. The van der Waals surface area contributed by atoms with Gasteiger partial charge in [-0.05, 0) is 24.6 Å². The van der Waals surface area contributed by atoms with Crippen LogP contribution < -0.4 is 5.32 Å². The number of aryl methyl sites for hydroxylation is 1. The Kier molecular flexibility index (Phi) is 5.65. The molecule has 0 fully saturated rings. The number of carbonyl (C=O) groups is 2. The average Bonchev–Trinajstić information content (AvgIpc) is 2.50. The van der Waals surface area contributed by atoms with Crippen LogP contribution in [0.4, 0.5) is 5.69 Å². The molecule has 0 aliphatic rings. The van der Waals surface area contributed by atoms with Crippen LogP contribution in [-0.4, -0.2) is 26.9 Å². The lowest BCUT2D eigenvalue weighted by Crippen LogP contribution is -2.26. The number of hydrogen-bond acceptors (Lipinski definition) is 3. The first-order chi connectivity index (χ1) is 11.0. The van der Waals surface area contributed by atoms with Crippen LogP contribution in [0.2, 0.25) is 0 Å². The third kappa shape index (κ3) is 4.75. The summed E-state index contributed by atoms with van der Waals surface area (Å²) in [4.78, 5) is 23.4. The number of rotatable bonds is 6. The number of carbonyl (C=O) groups excluding carboxylic acids is 1. The highest BCUT2D eigenvalue weighted by Gasteiger charge is 2.28. The van der Waals surface area contributed by atoms with Gasteiger partial charge in [-0.3, -0.25) is 13.8 Å². The molecule has 0 saturated heterocycles. The lowest BCUT2D eigenvalue weighted by molar-refractivity contribution is -0.136. The van der Waals surface area contributed by atoms with E-state index >= 15 is 0 Å². The van der Waals surface area contributed by atoms with Crippen molar-refractivity contribution in [2.75, 3.05) is 11.1 Å². The van der Waals surface area contributed by atoms with Crippen LogP contribution in [0.5, 0.6) is 0 Å². The number of aliphatic carboxylic acids is 1. The predicted octanol–water partition coefficient (Wildman–Crippen LogP) is 2.51. The van der Waals surface area contributed by atoms with Gasteiger partial charge in [-0.2, -0.15) is 0 Å². The third-order valence-electron chi connectivity index (χ3n) is 3.20. The molecule has 0 aliphatic heterocycles. The Morgan fingerprint density at radius 3 is 2.26 bits per heavy atom. The Morgan fingerprint density at radius 2 is 1.70 bits per heavy atom. The molecule has 0 aromatic heterocycles. The maximum atomic E-state index is 12.3. The minimum atomic E-state index is -1.86. The molecule has 0 saturated carbocycles. The Hall–Kier alpha value is -2.47. The molecule has 0 spiro atoms. The summed E-state index contributed by atoms with van der Waals surface area (Å²) in [5.41, 5.74) is 2.06. The van der Waals surface area contributed by atoms with Crippen molar-refractivity contribution in [1.82, 2.24) is 0 Å². The zero-order chi connectivity index (χ0) is 16.8. The van der Waals surface area contributed by atoms with Crippen molar-refractivity contribution in [3.63, 3.8) is 0 Å². The fraction of sp³-hybridized carbons (Fsp3) is 0.176. The third-order valence-corrected chi connectivity index (χ3v) is 4.74. The molecule has 2 unspecified atom stereocenters. The summed E-state index contributed by atoms with van der Waals surface area (Å²) in [6.07, 6.45) is 0. The van der Waals surface area contributed by atoms with E-state index in [1.807, 2.05) is 19.1 Å². The van der Waals surface area contributed by atoms with E-state index in [1.165, 1.54) is 0 Å². The van der Waals surface area contributed by atoms with Gasteiger partial charge in [0.15, 0.2) is 5.25 Å². The van der Waals surface area contributed by atoms with Gasteiger partial charge < -0.3 is 10.4 Å². The van der Waals surface area contributed by atoms with E-state index < -0.39 is 27.9 Å². The first-order valence-electron chi connectivity index (χ1n) is 6.99. The number of carboxylic acid groups (broad SMARTS) is 1. The van der Waals surface area contributed by atoms with E-state index in [0.717, 1.165) is 5.56 Å². The fourth-order valence-electron chi connectivity index (χ4n) is 2.08. The van der Waals surface area contributed by atoms with E-state index in [0.29, 0.717) is 11.3 Å². The standard InChI is InChI=1S/C17H17NO4S/c1-12-7-9-14(10-8-12)18-15(19)11-23(22)16(17(20)21)13-5-3-2-4-6-13/h2-10,16H,11H2,1H3,(H,18,19)(H,20,21). The number of benzene rings is 2. The average molecular weight is 331 g/mol. The smallest absolute Gasteiger partial charge is 0.323 e. The van der Waals surface area contributed by atoms with Crippen LogP contribution in [0.25, 0.3) is 0 Å². The highest BCUT2D eigenvalue weighted by atomic mass is 32.2. The zero-order valence-corrected chi connectivity index (χ0v) is 13.4. The van der Waals surface area contributed by atoms with Crippen LogP contribution in [0.1, 0.15) is 16.4 Å². The van der Waals surface area contributed by atoms with E-state index in [2.05, 4.69) is 5.32 Å². The molecule has 0 radical (unpaired) electrons. The van der Waals surface area contributed by atoms with E-state index in [-0.39, 0.29) is 5.75 Å². The lowest BCUT2D eigenvalue weighted by Gasteiger charge is -2.12. The van der Waals surface area contributed by atoms with Crippen molar-refractivity contribution >= 4 is 28.4 Å². The zero-order valence-electron chi connectivity index (χ0n) is 12.6. The summed E-state index contributed by atoms with van der Waals surface area (Å²) in [5, 5.41) is 10.7. The highest BCUT2D eigenvalue weighted by molar-refractivity contribution is 7.86. The van der Waals surface area contributed by atoms with Crippen molar-refractivity contribution in [1.29, 1.82) is 0 Å². The molecule has 2 aromatic rings. The molecule has 2 rings (SSSR count). The Labute approximate surface area is 136 Å². The van der Waals surface area contributed by atoms with Crippen molar-refractivity contribution in [2.24, 2.45) is 0 Å². The van der Waals surface area contributed by atoms with Gasteiger partial charge in [0, 0.05) is 16.5 Å². The van der Waals surface area contributed by atoms with Gasteiger partial charge in [0.25, 0.3) is 0 Å². The molecule has 6 heteroatoms. The first-order valence-corrected chi connectivity index (χ1v) is 8.37. The highest BCUT2D eigenvalue weighted by Crippen LogP contribution is 2.20. The Bertz CT molecular complexity index is 713. The monoisotopic (exact) mass is 331 g/mol. The topological polar surface area (TPSA) is 83.5 Å². The molecule has 23 heavy (non-hydrogen) atoms. The summed E-state index contributed by atoms with van der Waals surface area (Å²) >= 11 is 0. The minimum Gasteiger partial charge on any atom is -0.480 e. The van der Waals surface area contributed by atoms with Gasteiger partial charge in [-0.25, -0.2) is 0 Å². The second-order valence-electron chi connectivity index (χ2n) is 5.07. The Morgan fingerprint density at radius 1 is 1.09 bits per heavy atom. The largest absolute Gasteiger partial charge is 0.480 e. The molecular formula is C17H17NO4S. The van der Waals surface area contributed by atoms with Crippen LogP contribution in [0.15, 0.2) is 54.6 Å². The minimum absolute atomic E-state index is 0.375. The molecule has 2 N–H and O–H groups in total. The maximum absolute atomic E-state index is 12.3. The molecule has 0 heterocycles. The quantitative estimate of drug-likeness (QED) is 0.852. The molecular weight excluding hydrogens is 314 g/mol. The van der Waals surface area contributed by atoms with Gasteiger partial charge in [0.2, 0.25) is 5.91 Å². The predicted molar refractivity (Wildman–Crippen MR) is 89.6 cm³/mol. The lowest BCUT2D eigenvalue weighted by atomic mass is 10.1. The second kappa shape index (κ2) is 7.69. The molecule has 0 bridgehead atoms. The molecule has 5 nitrogen and oxygen atoms in total. The summed E-state index contributed by atoms with van der Waals surface area (Å²) in [5.74, 6) is -2.06. The van der Waals surface area contributed by atoms with Crippen LogP contribution in [0.3, 0.4) is 0 Å².